The van der Waals surface area contributed by atoms with Crippen LogP contribution >= 0.6 is 0 Å². The average molecular weight is 411 g/mol. The SMILES string of the molecule is C.C.C.C.C.C.C=C(C)[C@@H]1CCC(C)=C[C@H]1c1c(O)cc(CCCCC)cc1O. The van der Waals surface area contributed by atoms with Crippen molar-refractivity contribution in [1.29, 1.82) is 0 Å². The highest BCUT2D eigenvalue weighted by Crippen LogP contribution is 2.46. The van der Waals surface area contributed by atoms with Crippen molar-refractivity contribution < 1.29 is 10.2 Å². The van der Waals surface area contributed by atoms with Gasteiger partial charge in [-0.15, -0.1) is 0 Å². The Bertz CT molecular complexity index is 576. The number of hydrogen-bond donors (Lipinski definition) is 2. The van der Waals surface area contributed by atoms with Crippen molar-refractivity contribution >= 4 is 0 Å². The monoisotopic (exact) mass is 410 g/mol. The molecule has 2 rings (SSSR count). The third kappa shape index (κ3) is 9.56. The van der Waals surface area contributed by atoms with Gasteiger partial charge in [-0.1, -0.05) is 88.1 Å². The first-order valence-corrected chi connectivity index (χ1v) is 8.81. The summed E-state index contributed by atoms with van der Waals surface area (Å²) in [6.45, 7) is 10.4. The summed E-state index contributed by atoms with van der Waals surface area (Å²) in [6.07, 6.45) is 8.61. The number of phenolic OH excluding ortho intramolecular Hbond substituents is 2. The van der Waals surface area contributed by atoms with Crippen LogP contribution in [0.15, 0.2) is 35.9 Å². The van der Waals surface area contributed by atoms with Gasteiger partial charge in [-0.2, -0.15) is 0 Å². The van der Waals surface area contributed by atoms with Crippen LogP contribution in [0.3, 0.4) is 0 Å². The molecule has 0 bridgehead atoms. The highest BCUT2D eigenvalue weighted by molar-refractivity contribution is 5.51. The summed E-state index contributed by atoms with van der Waals surface area (Å²) in [5.74, 6) is 0.741. The number of aryl methyl sites for hydroxylation is 1. The molecule has 1 aromatic rings. The largest absolute Gasteiger partial charge is 0.507 e. The second-order valence-corrected chi connectivity index (χ2v) is 7.04. The maximum atomic E-state index is 10.5. The van der Waals surface area contributed by atoms with E-state index in [4.69, 9.17) is 0 Å². The summed E-state index contributed by atoms with van der Waals surface area (Å²) in [5, 5.41) is 21.1. The van der Waals surface area contributed by atoms with Gasteiger partial charge < -0.3 is 10.2 Å². The van der Waals surface area contributed by atoms with Crippen molar-refractivity contribution in [3.8, 4) is 11.5 Å². The van der Waals surface area contributed by atoms with Crippen LogP contribution in [0.25, 0.3) is 0 Å². The molecule has 2 atom stereocenters. The lowest BCUT2D eigenvalue weighted by molar-refractivity contribution is 0.406. The lowest BCUT2D eigenvalue weighted by atomic mass is 9.73. The van der Waals surface area contributed by atoms with E-state index in [2.05, 4.69) is 26.5 Å². The van der Waals surface area contributed by atoms with Gasteiger partial charge in [-0.3, -0.25) is 0 Å². The zero-order valence-corrected chi connectivity index (χ0v) is 14.7. The van der Waals surface area contributed by atoms with E-state index in [1.165, 1.54) is 18.4 Å². The Labute approximate surface area is 184 Å². The van der Waals surface area contributed by atoms with Gasteiger partial charge in [0.1, 0.15) is 11.5 Å². The molecule has 1 aliphatic carbocycles. The third-order valence-electron chi connectivity index (χ3n) is 4.98. The van der Waals surface area contributed by atoms with Crippen LogP contribution in [-0.2, 0) is 6.42 Å². The Morgan fingerprint density at radius 1 is 1.00 bits per heavy atom. The molecular weight excluding hydrogens is 356 g/mol. The summed E-state index contributed by atoms with van der Waals surface area (Å²) >= 11 is 0. The minimum absolute atomic E-state index is 0. The molecular formula is C27H54O2. The lowest BCUT2D eigenvalue weighted by Crippen LogP contribution is -2.17. The minimum Gasteiger partial charge on any atom is -0.507 e. The summed E-state index contributed by atoms with van der Waals surface area (Å²) < 4.78 is 0. The molecule has 0 fully saturated rings. The fourth-order valence-corrected chi connectivity index (χ4v) is 3.65. The molecule has 2 N–H and O–H groups in total. The van der Waals surface area contributed by atoms with E-state index in [0.717, 1.165) is 36.8 Å². The summed E-state index contributed by atoms with van der Waals surface area (Å²) in [4.78, 5) is 0. The molecule has 0 saturated heterocycles. The molecule has 0 unspecified atom stereocenters. The number of aromatic hydroxyl groups is 2. The predicted molar refractivity (Wildman–Crippen MR) is 137 cm³/mol. The molecule has 0 radical (unpaired) electrons. The molecule has 0 heterocycles. The van der Waals surface area contributed by atoms with Crippen molar-refractivity contribution in [1.82, 2.24) is 0 Å². The Morgan fingerprint density at radius 3 is 1.97 bits per heavy atom. The standard InChI is InChI=1S/C21H30O2.6CH4/c1-5-6-7-8-16-12-19(22)21(20(23)13-16)18-11-15(4)9-10-17(18)14(2)3;;;;;;/h11-13,17-18,22-23H,2,5-10H2,1,3-4H3;6*1H4/t17-,18+;;;;;;/m0....../s1. The van der Waals surface area contributed by atoms with Crippen molar-refractivity contribution in [2.45, 2.75) is 110 Å². The Balaban J connectivity index is -0.000000320. The van der Waals surface area contributed by atoms with Crippen molar-refractivity contribution in [2.75, 3.05) is 0 Å². The number of phenols is 2. The quantitative estimate of drug-likeness (QED) is 0.362. The summed E-state index contributed by atoms with van der Waals surface area (Å²) in [5.41, 5.74) is 4.11. The van der Waals surface area contributed by atoms with Crippen molar-refractivity contribution in [2.24, 2.45) is 5.92 Å². The molecule has 0 amide bonds. The van der Waals surface area contributed by atoms with Gasteiger partial charge in [-0.05, 0) is 63.1 Å². The van der Waals surface area contributed by atoms with Gasteiger partial charge in [0.15, 0.2) is 0 Å². The number of unbranched alkanes of at least 4 members (excludes halogenated alkanes) is 2. The van der Waals surface area contributed by atoms with E-state index < -0.39 is 0 Å². The van der Waals surface area contributed by atoms with Crippen LogP contribution in [0.4, 0.5) is 0 Å². The van der Waals surface area contributed by atoms with Crippen LogP contribution in [0, 0.1) is 5.92 Å². The molecule has 1 aliphatic rings. The molecule has 0 saturated carbocycles. The topological polar surface area (TPSA) is 40.5 Å². The Kier molecular flexibility index (Phi) is 22.5. The van der Waals surface area contributed by atoms with Gasteiger partial charge in [-0.25, -0.2) is 0 Å². The van der Waals surface area contributed by atoms with Gasteiger partial charge >= 0.3 is 0 Å². The number of hydrogen-bond acceptors (Lipinski definition) is 2. The molecule has 1 aromatic carbocycles. The number of allylic oxidation sites excluding steroid dienone is 3. The third-order valence-corrected chi connectivity index (χ3v) is 4.98. The van der Waals surface area contributed by atoms with Crippen molar-refractivity contribution in [3.63, 3.8) is 0 Å². The first kappa shape index (κ1) is 38.0. The lowest BCUT2D eigenvalue weighted by Gasteiger charge is -2.31. The highest BCUT2D eigenvalue weighted by atomic mass is 16.3. The number of rotatable bonds is 6. The molecule has 29 heavy (non-hydrogen) atoms. The second-order valence-electron chi connectivity index (χ2n) is 7.04. The molecule has 174 valence electrons. The van der Waals surface area contributed by atoms with Crippen LogP contribution < -0.4 is 0 Å². The molecule has 2 nitrogen and oxygen atoms in total. The fraction of sp³-hybridized carbons (Fsp3) is 0.630. The summed E-state index contributed by atoms with van der Waals surface area (Å²) in [6, 6.07) is 3.66. The van der Waals surface area contributed by atoms with Gasteiger partial charge in [0, 0.05) is 11.5 Å². The minimum atomic E-state index is 0. The summed E-state index contributed by atoms with van der Waals surface area (Å²) in [7, 11) is 0. The van der Waals surface area contributed by atoms with Gasteiger partial charge in [0.05, 0.1) is 0 Å². The smallest absolute Gasteiger partial charge is 0.123 e. The van der Waals surface area contributed by atoms with E-state index in [-0.39, 0.29) is 67.9 Å². The van der Waals surface area contributed by atoms with Gasteiger partial charge in [0.2, 0.25) is 0 Å². The normalized spacial score (nSPS) is 16.7. The Morgan fingerprint density at radius 2 is 1.52 bits per heavy atom. The maximum Gasteiger partial charge on any atom is 0.123 e. The molecule has 0 aromatic heterocycles. The highest BCUT2D eigenvalue weighted by Gasteiger charge is 2.30. The predicted octanol–water partition coefficient (Wildman–Crippen LogP) is 9.66. The second kappa shape index (κ2) is 17.2. The van der Waals surface area contributed by atoms with Gasteiger partial charge in [0.25, 0.3) is 0 Å². The van der Waals surface area contributed by atoms with Crippen molar-refractivity contribution in [3.05, 3.63) is 47.1 Å². The van der Waals surface area contributed by atoms with E-state index in [9.17, 15) is 10.2 Å². The van der Waals surface area contributed by atoms with Crippen LogP contribution in [-0.4, -0.2) is 10.2 Å². The van der Waals surface area contributed by atoms with Crippen LogP contribution in [0.5, 0.6) is 11.5 Å². The maximum absolute atomic E-state index is 10.5. The van der Waals surface area contributed by atoms with E-state index in [1.54, 1.807) is 0 Å². The van der Waals surface area contributed by atoms with Crippen LogP contribution in [0.2, 0.25) is 0 Å². The van der Waals surface area contributed by atoms with Crippen LogP contribution in [0.1, 0.15) is 114 Å². The molecule has 0 spiro atoms. The first-order valence-electron chi connectivity index (χ1n) is 8.81. The van der Waals surface area contributed by atoms with E-state index in [1.807, 2.05) is 19.1 Å². The molecule has 0 aliphatic heterocycles. The first-order chi connectivity index (χ1) is 10.9. The fourth-order valence-electron chi connectivity index (χ4n) is 3.65. The van der Waals surface area contributed by atoms with E-state index >= 15 is 0 Å². The molecule has 2 heteroatoms. The zero-order valence-electron chi connectivity index (χ0n) is 14.7. The zero-order chi connectivity index (χ0) is 17.0. The van der Waals surface area contributed by atoms with E-state index in [0.29, 0.717) is 5.56 Å². The number of benzene rings is 1. The Hall–Kier alpha value is -1.70. The average Bonchev–Trinajstić information content (AvgIpc) is 2.46.